The topological polar surface area (TPSA) is 70.3 Å². The average molecular weight is 245 g/mol. The van der Waals surface area contributed by atoms with E-state index < -0.39 is 0 Å². The maximum absolute atomic E-state index is 6.13. The van der Waals surface area contributed by atoms with Crippen molar-refractivity contribution in [2.75, 3.05) is 14.2 Å². The first kappa shape index (κ1) is 12.3. The van der Waals surface area contributed by atoms with E-state index >= 15 is 0 Å². The van der Waals surface area contributed by atoms with Crippen molar-refractivity contribution in [1.29, 1.82) is 0 Å². The van der Waals surface area contributed by atoms with E-state index in [1.54, 1.807) is 26.4 Å². The molecule has 0 bridgehead atoms. The van der Waals surface area contributed by atoms with E-state index in [-0.39, 0.29) is 6.04 Å². The van der Waals surface area contributed by atoms with Crippen LogP contribution in [0.2, 0.25) is 0 Å². The van der Waals surface area contributed by atoms with E-state index in [0.29, 0.717) is 11.6 Å². The van der Waals surface area contributed by atoms with Crippen LogP contribution < -0.4 is 15.2 Å². The van der Waals surface area contributed by atoms with Crippen LogP contribution in [0.3, 0.4) is 0 Å². The highest BCUT2D eigenvalue weighted by atomic mass is 16.5. The summed E-state index contributed by atoms with van der Waals surface area (Å²) in [5.74, 6) is 1.24. The molecule has 94 valence electrons. The van der Waals surface area contributed by atoms with Gasteiger partial charge in [0.1, 0.15) is 5.75 Å². The summed E-state index contributed by atoms with van der Waals surface area (Å²) in [6, 6.07) is 10.8. The second-order valence-electron chi connectivity index (χ2n) is 3.75. The number of benzene rings is 1. The average Bonchev–Trinajstić information content (AvgIpc) is 2.46. The molecule has 0 aliphatic rings. The smallest absolute Gasteiger partial charge is 0.233 e. The van der Waals surface area contributed by atoms with Gasteiger partial charge in [-0.15, -0.1) is 10.2 Å². The van der Waals surface area contributed by atoms with Crippen LogP contribution in [0.15, 0.2) is 36.4 Å². The van der Waals surface area contributed by atoms with Gasteiger partial charge in [0.25, 0.3) is 0 Å². The molecule has 0 saturated heterocycles. The molecule has 2 aromatic rings. The van der Waals surface area contributed by atoms with E-state index in [1.807, 2.05) is 24.3 Å². The largest absolute Gasteiger partial charge is 0.497 e. The molecule has 2 N–H and O–H groups in total. The summed E-state index contributed by atoms with van der Waals surface area (Å²) < 4.78 is 10.1. The van der Waals surface area contributed by atoms with Crippen LogP contribution in [-0.4, -0.2) is 24.4 Å². The molecule has 1 unspecified atom stereocenters. The predicted octanol–water partition coefficient (Wildman–Crippen LogP) is 1.54. The third-order valence-corrected chi connectivity index (χ3v) is 2.64. The fourth-order valence-electron chi connectivity index (χ4n) is 1.61. The minimum atomic E-state index is -0.335. The Bertz CT molecular complexity index is 514. The monoisotopic (exact) mass is 245 g/mol. The van der Waals surface area contributed by atoms with E-state index in [2.05, 4.69) is 10.2 Å². The molecule has 5 heteroatoms. The van der Waals surface area contributed by atoms with Crippen molar-refractivity contribution in [3.05, 3.63) is 47.7 Å². The molecule has 1 atom stereocenters. The molecule has 0 amide bonds. The Morgan fingerprint density at radius 2 is 1.89 bits per heavy atom. The summed E-state index contributed by atoms with van der Waals surface area (Å²) in [6.45, 7) is 0. The number of methoxy groups -OCH3 is 2. The highest BCUT2D eigenvalue weighted by Crippen LogP contribution is 2.22. The van der Waals surface area contributed by atoms with Gasteiger partial charge in [0.15, 0.2) is 0 Å². The Balaban J connectivity index is 2.25. The Hall–Kier alpha value is -2.14. The molecule has 1 aromatic carbocycles. The highest BCUT2D eigenvalue weighted by molar-refractivity contribution is 5.34. The lowest BCUT2D eigenvalue weighted by atomic mass is 10.0. The second kappa shape index (κ2) is 5.46. The molecule has 0 saturated carbocycles. The van der Waals surface area contributed by atoms with Crippen molar-refractivity contribution in [3.8, 4) is 11.6 Å². The number of aromatic nitrogens is 2. The van der Waals surface area contributed by atoms with E-state index in [4.69, 9.17) is 15.2 Å². The fourth-order valence-corrected chi connectivity index (χ4v) is 1.61. The second-order valence-corrected chi connectivity index (χ2v) is 3.75. The molecule has 1 heterocycles. The molecular formula is C13H15N3O2. The first-order valence-corrected chi connectivity index (χ1v) is 5.51. The SMILES string of the molecule is COc1cccc(C(N)c2ccc(OC)nn2)c1. The lowest BCUT2D eigenvalue weighted by Gasteiger charge is -2.12. The normalized spacial score (nSPS) is 11.9. The van der Waals surface area contributed by atoms with Gasteiger partial charge < -0.3 is 15.2 Å². The van der Waals surface area contributed by atoms with Crippen molar-refractivity contribution in [3.63, 3.8) is 0 Å². The third kappa shape index (κ3) is 2.57. The lowest BCUT2D eigenvalue weighted by molar-refractivity contribution is 0.390. The Kier molecular flexibility index (Phi) is 3.74. The number of hydrogen-bond donors (Lipinski definition) is 1. The minimum absolute atomic E-state index is 0.335. The van der Waals surface area contributed by atoms with E-state index in [1.165, 1.54) is 0 Å². The molecule has 0 aliphatic heterocycles. The van der Waals surface area contributed by atoms with Crippen molar-refractivity contribution in [2.45, 2.75) is 6.04 Å². The van der Waals surface area contributed by atoms with Crippen LogP contribution >= 0.6 is 0 Å². The molecule has 0 aliphatic carbocycles. The minimum Gasteiger partial charge on any atom is -0.497 e. The number of hydrogen-bond acceptors (Lipinski definition) is 5. The first-order valence-electron chi connectivity index (χ1n) is 5.51. The van der Waals surface area contributed by atoms with Crippen LogP contribution in [0.1, 0.15) is 17.3 Å². The van der Waals surface area contributed by atoms with Crippen LogP contribution in [0.5, 0.6) is 11.6 Å². The van der Waals surface area contributed by atoms with Crippen LogP contribution in [0.4, 0.5) is 0 Å². The van der Waals surface area contributed by atoms with Gasteiger partial charge in [0, 0.05) is 6.07 Å². The maximum atomic E-state index is 6.13. The Morgan fingerprint density at radius 3 is 2.50 bits per heavy atom. The molecular weight excluding hydrogens is 230 g/mol. The van der Waals surface area contributed by atoms with E-state index in [9.17, 15) is 0 Å². The third-order valence-electron chi connectivity index (χ3n) is 2.64. The molecule has 18 heavy (non-hydrogen) atoms. The molecule has 0 radical (unpaired) electrons. The highest BCUT2D eigenvalue weighted by Gasteiger charge is 2.11. The number of nitrogens with zero attached hydrogens (tertiary/aromatic N) is 2. The molecule has 2 rings (SSSR count). The van der Waals surface area contributed by atoms with Gasteiger partial charge in [0.2, 0.25) is 5.88 Å². The summed E-state index contributed by atoms with van der Waals surface area (Å²) >= 11 is 0. The van der Waals surface area contributed by atoms with Gasteiger partial charge in [-0.2, -0.15) is 0 Å². The zero-order valence-corrected chi connectivity index (χ0v) is 10.3. The lowest BCUT2D eigenvalue weighted by Crippen LogP contribution is -2.14. The summed E-state index contributed by atoms with van der Waals surface area (Å²) in [4.78, 5) is 0. The fraction of sp³-hybridized carbons (Fsp3) is 0.231. The first-order chi connectivity index (χ1) is 8.74. The Morgan fingerprint density at radius 1 is 1.06 bits per heavy atom. The number of rotatable bonds is 4. The maximum Gasteiger partial charge on any atom is 0.233 e. The van der Waals surface area contributed by atoms with Crippen LogP contribution in [-0.2, 0) is 0 Å². The molecule has 0 fully saturated rings. The van der Waals surface area contributed by atoms with Gasteiger partial charge in [-0.1, -0.05) is 12.1 Å². The summed E-state index contributed by atoms with van der Waals surface area (Å²) in [7, 11) is 3.17. The Labute approximate surface area is 106 Å². The van der Waals surface area contributed by atoms with E-state index in [0.717, 1.165) is 11.3 Å². The molecule has 0 spiro atoms. The van der Waals surface area contributed by atoms with Gasteiger partial charge in [-0.3, -0.25) is 0 Å². The van der Waals surface area contributed by atoms with Crippen LogP contribution in [0, 0.1) is 0 Å². The van der Waals surface area contributed by atoms with Crippen LogP contribution in [0.25, 0.3) is 0 Å². The van der Waals surface area contributed by atoms with Gasteiger partial charge in [-0.05, 0) is 23.8 Å². The predicted molar refractivity (Wildman–Crippen MR) is 67.6 cm³/mol. The number of ether oxygens (including phenoxy) is 2. The molecule has 5 nitrogen and oxygen atoms in total. The van der Waals surface area contributed by atoms with Crippen molar-refractivity contribution >= 4 is 0 Å². The number of nitrogens with two attached hydrogens (primary N) is 1. The quantitative estimate of drug-likeness (QED) is 0.884. The summed E-state index contributed by atoms with van der Waals surface area (Å²) in [6.07, 6.45) is 0. The summed E-state index contributed by atoms with van der Waals surface area (Å²) in [5.41, 5.74) is 7.74. The van der Waals surface area contributed by atoms with Crippen molar-refractivity contribution < 1.29 is 9.47 Å². The van der Waals surface area contributed by atoms with Crippen molar-refractivity contribution in [1.82, 2.24) is 10.2 Å². The van der Waals surface area contributed by atoms with Gasteiger partial charge in [0.05, 0.1) is 26.0 Å². The standard InChI is InChI=1S/C13H15N3O2/c1-17-10-5-3-4-9(8-10)13(14)11-6-7-12(18-2)16-15-11/h3-8,13H,14H2,1-2H3. The molecule has 1 aromatic heterocycles. The zero-order valence-electron chi connectivity index (χ0n) is 10.3. The van der Waals surface area contributed by atoms with Crippen molar-refractivity contribution in [2.24, 2.45) is 5.73 Å². The summed E-state index contributed by atoms with van der Waals surface area (Å²) in [5, 5.41) is 7.94. The zero-order chi connectivity index (χ0) is 13.0. The van der Waals surface area contributed by atoms with Gasteiger partial charge >= 0.3 is 0 Å². The van der Waals surface area contributed by atoms with Gasteiger partial charge in [-0.25, -0.2) is 0 Å².